The van der Waals surface area contributed by atoms with E-state index in [0.29, 0.717) is 12.1 Å². The molecule has 0 heterocycles. The van der Waals surface area contributed by atoms with Crippen molar-refractivity contribution in [3.05, 3.63) is 0 Å². The number of rotatable bonds is 6. The van der Waals surface area contributed by atoms with Crippen molar-refractivity contribution in [2.24, 2.45) is 23.2 Å². The zero-order valence-corrected chi connectivity index (χ0v) is 13.5. The minimum atomic E-state index is 0.210. The van der Waals surface area contributed by atoms with Crippen molar-refractivity contribution in [2.75, 3.05) is 13.7 Å². The molecule has 1 N–H and O–H groups in total. The lowest BCUT2D eigenvalue weighted by atomic mass is 9.77. The van der Waals surface area contributed by atoms with E-state index in [0.717, 1.165) is 24.4 Å². The summed E-state index contributed by atoms with van der Waals surface area (Å²) in [6.45, 7) is 9.84. The Bertz CT molecular complexity index is 283. The molecule has 5 atom stereocenters. The predicted octanol–water partition coefficient (Wildman–Crippen LogP) is 3.85. The van der Waals surface area contributed by atoms with Gasteiger partial charge >= 0.3 is 0 Å². The summed E-state index contributed by atoms with van der Waals surface area (Å²) in [4.78, 5) is 0. The lowest BCUT2D eigenvalue weighted by molar-refractivity contribution is -0.0405. The van der Waals surface area contributed by atoms with E-state index in [1.165, 1.54) is 32.1 Å². The van der Waals surface area contributed by atoms with Gasteiger partial charge in [0.15, 0.2) is 0 Å². The van der Waals surface area contributed by atoms with E-state index >= 15 is 0 Å². The number of likely N-dealkylation sites (N-methyl/N-ethyl adjacent to an activating group) is 1. The minimum absolute atomic E-state index is 0.210. The average Bonchev–Trinajstić information content (AvgIpc) is 2.94. The van der Waals surface area contributed by atoms with Gasteiger partial charge in [-0.1, -0.05) is 27.2 Å². The predicted molar refractivity (Wildman–Crippen MR) is 81.3 cm³/mol. The van der Waals surface area contributed by atoms with Crippen LogP contribution < -0.4 is 5.32 Å². The van der Waals surface area contributed by atoms with Crippen LogP contribution in [0.15, 0.2) is 0 Å². The molecule has 0 aromatic heterocycles. The molecule has 2 fully saturated rings. The molecule has 0 aromatic rings. The van der Waals surface area contributed by atoms with E-state index in [2.05, 4.69) is 40.1 Å². The smallest absolute Gasteiger partial charge is 0.0775 e. The molecule has 0 amide bonds. The Kier molecular flexibility index (Phi) is 4.94. The van der Waals surface area contributed by atoms with Crippen LogP contribution in [0.5, 0.6) is 0 Å². The minimum Gasteiger partial charge on any atom is -0.376 e. The van der Waals surface area contributed by atoms with Crippen LogP contribution in [0.3, 0.4) is 0 Å². The molecule has 0 radical (unpaired) electrons. The summed E-state index contributed by atoms with van der Waals surface area (Å²) in [5.74, 6) is 3.01. The number of ether oxygens (including phenoxy) is 1. The van der Waals surface area contributed by atoms with Crippen molar-refractivity contribution in [3.8, 4) is 0 Å². The standard InChI is InChI=1S/C17H33NO/c1-6-19-16(17(2,3)4)15(18-5)11-14-10-12-7-8-13(14)9-12/h12-16,18H,6-11H2,1-5H3. The summed E-state index contributed by atoms with van der Waals surface area (Å²) in [5.41, 5.74) is 0.210. The topological polar surface area (TPSA) is 21.3 Å². The fourth-order valence-electron chi connectivity index (χ4n) is 4.53. The molecule has 2 saturated carbocycles. The first-order valence-corrected chi connectivity index (χ1v) is 8.24. The monoisotopic (exact) mass is 267 g/mol. The zero-order chi connectivity index (χ0) is 14.0. The molecule has 0 spiro atoms. The Hall–Kier alpha value is -0.0800. The second-order valence-electron chi connectivity index (χ2n) is 7.81. The molecule has 2 aliphatic carbocycles. The molecule has 2 rings (SSSR count). The zero-order valence-electron chi connectivity index (χ0n) is 13.5. The van der Waals surface area contributed by atoms with Gasteiger partial charge in [0.1, 0.15) is 0 Å². The molecule has 2 nitrogen and oxygen atoms in total. The van der Waals surface area contributed by atoms with Crippen LogP contribution >= 0.6 is 0 Å². The van der Waals surface area contributed by atoms with E-state index in [1.54, 1.807) is 0 Å². The van der Waals surface area contributed by atoms with Crippen molar-refractivity contribution < 1.29 is 4.74 Å². The maximum atomic E-state index is 6.09. The normalized spacial score (nSPS) is 33.6. The number of hydrogen-bond acceptors (Lipinski definition) is 2. The first-order chi connectivity index (χ1) is 8.95. The van der Waals surface area contributed by atoms with Gasteiger partial charge in [-0.3, -0.25) is 0 Å². The van der Waals surface area contributed by atoms with Gasteiger partial charge in [-0.05, 0) is 62.8 Å². The fraction of sp³-hybridized carbons (Fsp3) is 1.00. The molecule has 0 aliphatic heterocycles. The van der Waals surface area contributed by atoms with Crippen molar-refractivity contribution in [1.82, 2.24) is 5.32 Å². The third kappa shape index (κ3) is 3.52. The first kappa shape index (κ1) is 15.3. The molecule has 2 bridgehead atoms. The SMILES string of the molecule is CCOC(C(CC1CC2CCC1C2)NC)C(C)(C)C. The third-order valence-corrected chi connectivity index (χ3v) is 5.38. The highest BCUT2D eigenvalue weighted by molar-refractivity contribution is 4.94. The van der Waals surface area contributed by atoms with Crippen LogP contribution in [0.4, 0.5) is 0 Å². The van der Waals surface area contributed by atoms with Gasteiger partial charge in [0.05, 0.1) is 6.10 Å². The second-order valence-corrected chi connectivity index (χ2v) is 7.81. The quantitative estimate of drug-likeness (QED) is 0.789. The molecular weight excluding hydrogens is 234 g/mol. The molecule has 5 unspecified atom stereocenters. The first-order valence-electron chi connectivity index (χ1n) is 8.24. The van der Waals surface area contributed by atoms with Crippen LogP contribution in [-0.2, 0) is 4.74 Å². The lowest BCUT2D eigenvalue weighted by Crippen LogP contribution is -2.48. The third-order valence-electron chi connectivity index (χ3n) is 5.38. The van der Waals surface area contributed by atoms with Gasteiger partial charge in [-0.15, -0.1) is 0 Å². The molecule has 0 saturated heterocycles. The highest BCUT2D eigenvalue weighted by Gasteiger charge is 2.42. The van der Waals surface area contributed by atoms with Gasteiger partial charge in [0, 0.05) is 12.6 Å². The van der Waals surface area contributed by atoms with E-state index in [-0.39, 0.29) is 5.41 Å². The summed E-state index contributed by atoms with van der Waals surface area (Å²) >= 11 is 0. The Morgan fingerprint density at radius 2 is 1.95 bits per heavy atom. The molecule has 2 heteroatoms. The van der Waals surface area contributed by atoms with Crippen molar-refractivity contribution in [3.63, 3.8) is 0 Å². The van der Waals surface area contributed by atoms with Crippen LogP contribution in [0.25, 0.3) is 0 Å². The largest absolute Gasteiger partial charge is 0.376 e. The van der Waals surface area contributed by atoms with Gasteiger partial charge < -0.3 is 10.1 Å². The van der Waals surface area contributed by atoms with E-state index in [4.69, 9.17) is 4.74 Å². The Labute approximate surface area is 119 Å². The van der Waals surface area contributed by atoms with Gasteiger partial charge in [0.25, 0.3) is 0 Å². The van der Waals surface area contributed by atoms with Crippen molar-refractivity contribution in [2.45, 2.75) is 71.9 Å². The molecule has 112 valence electrons. The molecule has 2 aliphatic rings. The Balaban J connectivity index is 1.97. The van der Waals surface area contributed by atoms with E-state index < -0.39 is 0 Å². The summed E-state index contributed by atoms with van der Waals surface area (Å²) in [6, 6.07) is 0.504. The summed E-state index contributed by atoms with van der Waals surface area (Å²) in [6.07, 6.45) is 7.60. The molecule has 0 aromatic carbocycles. The summed E-state index contributed by atoms with van der Waals surface area (Å²) in [5, 5.41) is 3.55. The van der Waals surface area contributed by atoms with E-state index in [1.807, 2.05) is 0 Å². The van der Waals surface area contributed by atoms with Crippen LogP contribution in [-0.4, -0.2) is 25.8 Å². The maximum Gasteiger partial charge on any atom is 0.0775 e. The highest BCUT2D eigenvalue weighted by Crippen LogP contribution is 2.50. The van der Waals surface area contributed by atoms with Crippen molar-refractivity contribution in [1.29, 1.82) is 0 Å². The highest BCUT2D eigenvalue weighted by atomic mass is 16.5. The van der Waals surface area contributed by atoms with Crippen LogP contribution in [0, 0.1) is 23.2 Å². The number of fused-ring (bicyclic) bond motifs is 2. The maximum absolute atomic E-state index is 6.09. The Morgan fingerprint density at radius 1 is 1.21 bits per heavy atom. The van der Waals surface area contributed by atoms with Crippen molar-refractivity contribution >= 4 is 0 Å². The van der Waals surface area contributed by atoms with E-state index in [9.17, 15) is 0 Å². The van der Waals surface area contributed by atoms with Crippen LogP contribution in [0.1, 0.15) is 59.8 Å². The average molecular weight is 267 g/mol. The van der Waals surface area contributed by atoms with Gasteiger partial charge in [-0.25, -0.2) is 0 Å². The number of hydrogen-bond donors (Lipinski definition) is 1. The molecular formula is C17H33NO. The lowest BCUT2D eigenvalue weighted by Gasteiger charge is -2.39. The number of nitrogens with one attached hydrogen (secondary N) is 1. The van der Waals surface area contributed by atoms with Crippen LogP contribution in [0.2, 0.25) is 0 Å². The Morgan fingerprint density at radius 3 is 2.37 bits per heavy atom. The molecule has 19 heavy (non-hydrogen) atoms. The summed E-state index contributed by atoms with van der Waals surface area (Å²) in [7, 11) is 2.11. The van der Waals surface area contributed by atoms with Gasteiger partial charge in [0.2, 0.25) is 0 Å². The fourth-order valence-corrected chi connectivity index (χ4v) is 4.53. The second kappa shape index (κ2) is 6.13. The summed E-state index contributed by atoms with van der Waals surface area (Å²) < 4.78 is 6.09. The van der Waals surface area contributed by atoms with Gasteiger partial charge in [-0.2, -0.15) is 0 Å².